The molecule has 1 aliphatic rings. The Labute approximate surface area is 111 Å². The Balaban J connectivity index is 1.85. The van der Waals surface area contributed by atoms with Crippen molar-refractivity contribution in [3.05, 3.63) is 34.3 Å². The fraction of sp³-hybridized carbons (Fsp3) is 0.533. The van der Waals surface area contributed by atoms with E-state index in [9.17, 15) is 9.90 Å². The fourth-order valence-electron chi connectivity index (χ4n) is 3.06. The third-order valence-corrected chi connectivity index (χ3v) is 4.23. The predicted octanol–water partition coefficient (Wildman–Crippen LogP) is 2.75. The summed E-state index contributed by atoms with van der Waals surface area (Å²) in [5, 5.41) is 10.3. The Hall–Kier alpha value is -1.55. The maximum Gasteiger partial charge on any atom is 0.419 e. The largest absolute Gasteiger partial charge is 0.419 e. The summed E-state index contributed by atoms with van der Waals surface area (Å²) in [7, 11) is 1.68. The zero-order chi connectivity index (χ0) is 13.4. The van der Waals surface area contributed by atoms with Crippen LogP contribution in [-0.4, -0.2) is 9.67 Å². The van der Waals surface area contributed by atoms with E-state index in [1.807, 2.05) is 12.1 Å². The van der Waals surface area contributed by atoms with Gasteiger partial charge < -0.3 is 9.52 Å². The van der Waals surface area contributed by atoms with E-state index in [1.165, 1.54) is 30.3 Å². The second-order valence-corrected chi connectivity index (χ2v) is 5.56. The molecule has 19 heavy (non-hydrogen) atoms. The zero-order valence-corrected chi connectivity index (χ0v) is 11.1. The molecule has 1 aromatic heterocycles. The van der Waals surface area contributed by atoms with Gasteiger partial charge >= 0.3 is 5.76 Å². The number of nitrogens with zero attached hydrogens (tertiary/aromatic N) is 1. The Morgan fingerprint density at radius 1 is 1.42 bits per heavy atom. The highest BCUT2D eigenvalue weighted by atomic mass is 16.4. The highest BCUT2D eigenvalue weighted by Gasteiger charge is 2.20. The average Bonchev–Trinajstić information content (AvgIpc) is 2.99. The van der Waals surface area contributed by atoms with Crippen LogP contribution >= 0.6 is 0 Å². The standard InChI is InChI=1S/C15H19NO3/c1-16-12-7-6-11(9-14(12)19-15(16)18)13(17)8-10-4-2-3-5-10/h6-7,9-10,13,17H,2-5,8H2,1H3. The van der Waals surface area contributed by atoms with E-state index in [1.54, 1.807) is 13.1 Å². The quantitative estimate of drug-likeness (QED) is 0.924. The lowest BCUT2D eigenvalue weighted by molar-refractivity contribution is 0.145. The zero-order valence-electron chi connectivity index (χ0n) is 11.1. The van der Waals surface area contributed by atoms with Gasteiger partial charge in [-0.25, -0.2) is 4.79 Å². The van der Waals surface area contributed by atoms with Gasteiger partial charge in [-0.3, -0.25) is 4.57 Å². The van der Waals surface area contributed by atoms with E-state index >= 15 is 0 Å². The van der Waals surface area contributed by atoms with E-state index in [2.05, 4.69) is 0 Å². The summed E-state index contributed by atoms with van der Waals surface area (Å²) in [6.45, 7) is 0. The highest BCUT2D eigenvalue weighted by molar-refractivity contribution is 5.73. The first-order chi connectivity index (χ1) is 9.15. The van der Waals surface area contributed by atoms with Crippen molar-refractivity contribution >= 4 is 11.1 Å². The first kappa shape index (κ1) is 12.5. The molecule has 4 nitrogen and oxygen atoms in total. The molecule has 1 aromatic carbocycles. The number of aliphatic hydroxyl groups excluding tert-OH is 1. The molecule has 1 aliphatic carbocycles. The van der Waals surface area contributed by atoms with Crippen molar-refractivity contribution < 1.29 is 9.52 Å². The van der Waals surface area contributed by atoms with Crippen LogP contribution in [0.3, 0.4) is 0 Å². The molecule has 1 heterocycles. The number of oxazole rings is 1. The summed E-state index contributed by atoms with van der Waals surface area (Å²) >= 11 is 0. The van der Waals surface area contributed by atoms with E-state index < -0.39 is 6.10 Å². The Kier molecular flexibility index (Phi) is 3.19. The van der Waals surface area contributed by atoms with Gasteiger partial charge in [-0.05, 0) is 30.0 Å². The molecule has 1 N–H and O–H groups in total. The van der Waals surface area contributed by atoms with Crippen LogP contribution in [0.15, 0.2) is 27.4 Å². The molecule has 0 bridgehead atoms. The van der Waals surface area contributed by atoms with Crippen LogP contribution in [0.4, 0.5) is 0 Å². The molecule has 2 aromatic rings. The number of benzene rings is 1. The van der Waals surface area contributed by atoms with Crippen molar-refractivity contribution in [3.63, 3.8) is 0 Å². The molecular weight excluding hydrogens is 242 g/mol. The molecule has 0 aliphatic heterocycles. The van der Waals surface area contributed by atoms with Gasteiger partial charge in [0.25, 0.3) is 0 Å². The van der Waals surface area contributed by atoms with Crippen LogP contribution in [-0.2, 0) is 7.05 Å². The van der Waals surface area contributed by atoms with E-state index in [0.717, 1.165) is 17.5 Å². The molecule has 1 unspecified atom stereocenters. The third kappa shape index (κ3) is 2.32. The van der Waals surface area contributed by atoms with Gasteiger partial charge in [-0.2, -0.15) is 0 Å². The third-order valence-electron chi connectivity index (χ3n) is 4.23. The summed E-state index contributed by atoms with van der Waals surface area (Å²) in [6, 6.07) is 5.51. The van der Waals surface area contributed by atoms with Crippen LogP contribution < -0.4 is 5.76 Å². The number of aliphatic hydroxyl groups is 1. The van der Waals surface area contributed by atoms with Gasteiger partial charge in [-0.15, -0.1) is 0 Å². The van der Waals surface area contributed by atoms with Crippen LogP contribution in [0.25, 0.3) is 11.1 Å². The highest BCUT2D eigenvalue weighted by Crippen LogP contribution is 2.33. The molecule has 4 heteroatoms. The first-order valence-electron chi connectivity index (χ1n) is 6.92. The fourth-order valence-corrected chi connectivity index (χ4v) is 3.06. The van der Waals surface area contributed by atoms with Crippen molar-refractivity contribution in [1.82, 2.24) is 4.57 Å². The van der Waals surface area contributed by atoms with Crippen LogP contribution in [0.2, 0.25) is 0 Å². The lowest BCUT2D eigenvalue weighted by Gasteiger charge is -2.15. The Morgan fingerprint density at radius 2 is 2.16 bits per heavy atom. The molecule has 102 valence electrons. The van der Waals surface area contributed by atoms with Gasteiger partial charge in [0.15, 0.2) is 5.58 Å². The molecular formula is C15H19NO3. The number of hydrogen-bond acceptors (Lipinski definition) is 3. The SMILES string of the molecule is Cn1c(=O)oc2cc(C(O)CC3CCCC3)ccc21. The van der Waals surface area contributed by atoms with E-state index in [4.69, 9.17) is 4.42 Å². The van der Waals surface area contributed by atoms with Crippen LogP contribution in [0.1, 0.15) is 43.8 Å². The number of fused-ring (bicyclic) bond motifs is 1. The lowest BCUT2D eigenvalue weighted by Crippen LogP contribution is -2.08. The molecule has 1 atom stereocenters. The van der Waals surface area contributed by atoms with Crippen molar-refractivity contribution in [2.75, 3.05) is 0 Å². The molecule has 0 spiro atoms. The molecule has 1 fully saturated rings. The minimum Gasteiger partial charge on any atom is -0.408 e. The number of aryl methyl sites for hydroxylation is 1. The van der Waals surface area contributed by atoms with Gasteiger partial charge in [0.05, 0.1) is 11.6 Å². The number of hydrogen-bond donors (Lipinski definition) is 1. The van der Waals surface area contributed by atoms with Gasteiger partial charge in [0.1, 0.15) is 0 Å². The molecule has 0 radical (unpaired) electrons. The second kappa shape index (κ2) is 4.85. The van der Waals surface area contributed by atoms with Gasteiger partial charge in [-0.1, -0.05) is 31.7 Å². The van der Waals surface area contributed by atoms with E-state index in [-0.39, 0.29) is 5.76 Å². The van der Waals surface area contributed by atoms with Crippen molar-refractivity contribution in [2.45, 2.75) is 38.2 Å². The predicted molar refractivity (Wildman–Crippen MR) is 73.0 cm³/mol. The monoisotopic (exact) mass is 261 g/mol. The lowest BCUT2D eigenvalue weighted by atomic mass is 9.95. The van der Waals surface area contributed by atoms with Crippen LogP contribution in [0, 0.1) is 5.92 Å². The summed E-state index contributed by atoms with van der Waals surface area (Å²) in [6.07, 6.45) is 5.36. The van der Waals surface area contributed by atoms with Gasteiger partial charge in [0.2, 0.25) is 0 Å². The summed E-state index contributed by atoms with van der Waals surface area (Å²) < 4.78 is 6.63. The maximum atomic E-state index is 11.4. The maximum absolute atomic E-state index is 11.4. The first-order valence-corrected chi connectivity index (χ1v) is 6.92. The number of aromatic nitrogens is 1. The summed E-state index contributed by atoms with van der Waals surface area (Å²) in [5.41, 5.74) is 2.16. The minimum atomic E-state index is -0.460. The second-order valence-electron chi connectivity index (χ2n) is 5.56. The molecule has 1 saturated carbocycles. The van der Waals surface area contributed by atoms with Gasteiger partial charge in [0, 0.05) is 7.05 Å². The molecule has 0 saturated heterocycles. The normalized spacial score (nSPS) is 18.2. The van der Waals surface area contributed by atoms with Crippen molar-refractivity contribution in [2.24, 2.45) is 13.0 Å². The smallest absolute Gasteiger partial charge is 0.408 e. The Morgan fingerprint density at radius 3 is 2.89 bits per heavy atom. The molecule has 3 rings (SSSR count). The number of rotatable bonds is 3. The van der Waals surface area contributed by atoms with Crippen molar-refractivity contribution in [1.29, 1.82) is 0 Å². The molecule has 0 amide bonds. The Bertz CT molecular complexity index is 634. The van der Waals surface area contributed by atoms with Crippen molar-refractivity contribution in [3.8, 4) is 0 Å². The van der Waals surface area contributed by atoms with Crippen LogP contribution in [0.5, 0.6) is 0 Å². The van der Waals surface area contributed by atoms with E-state index in [0.29, 0.717) is 11.5 Å². The average molecular weight is 261 g/mol. The topological polar surface area (TPSA) is 55.4 Å². The minimum absolute atomic E-state index is 0.363. The summed E-state index contributed by atoms with van der Waals surface area (Å²) in [4.78, 5) is 11.4. The summed E-state index contributed by atoms with van der Waals surface area (Å²) in [5.74, 6) is 0.269.